The van der Waals surface area contributed by atoms with Crippen molar-refractivity contribution in [1.82, 2.24) is 20.4 Å². The van der Waals surface area contributed by atoms with Crippen LogP contribution in [0, 0.1) is 0 Å². The highest BCUT2D eigenvalue weighted by Crippen LogP contribution is 2.15. The van der Waals surface area contributed by atoms with Crippen molar-refractivity contribution in [2.45, 2.75) is 26.3 Å². The van der Waals surface area contributed by atoms with Gasteiger partial charge in [0.2, 0.25) is 0 Å². The van der Waals surface area contributed by atoms with E-state index in [4.69, 9.17) is 10.9 Å². The number of rotatable bonds is 7. The van der Waals surface area contributed by atoms with Crippen molar-refractivity contribution in [2.24, 2.45) is 16.8 Å². The smallest absolute Gasteiger partial charge is 0.168 e. The van der Waals surface area contributed by atoms with Crippen LogP contribution in [0.15, 0.2) is 97.0 Å². The average Bonchev–Trinajstić information content (AvgIpc) is 3.63. The molecule has 0 saturated carbocycles. The second-order valence-electron chi connectivity index (χ2n) is 6.76. The second kappa shape index (κ2) is 39.3. The van der Waals surface area contributed by atoms with Gasteiger partial charge in [-0.3, -0.25) is 45.4 Å². The molecule has 1 atom stereocenters. The van der Waals surface area contributed by atoms with Gasteiger partial charge in [0.1, 0.15) is 18.3 Å². The van der Waals surface area contributed by atoms with Crippen molar-refractivity contribution >= 4 is 31.1 Å². The number of carbonyl (C=O) groups is 3. The van der Waals surface area contributed by atoms with Crippen LogP contribution in [0.5, 0.6) is 0 Å². The molecule has 3 aromatic rings. The number of alkyl halides is 1. The molecule has 13 heteroatoms. The zero-order chi connectivity index (χ0) is 32.8. The highest BCUT2D eigenvalue weighted by Gasteiger charge is 2.12. The monoisotopic (exact) mass is 602 g/mol. The van der Waals surface area contributed by atoms with Crippen LogP contribution in [-0.2, 0) is 14.3 Å². The van der Waals surface area contributed by atoms with Crippen molar-refractivity contribution in [1.29, 1.82) is 0 Å². The number of nitrogens with one attached hydrogen (secondary N) is 1. The quantitative estimate of drug-likeness (QED) is 0.156. The molecule has 0 spiro atoms. The summed E-state index contributed by atoms with van der Waals surface area (Å²) >= 11 is 0. The SMILES string of the molecule is C1=NNC(c2ccccn2)C1.C=CC=O.CCOCC.NN.O.O=C/C=C/c1ccccn1.O=Cc1ccccn1.[2H]CF. The third-order valence-corrected chi connectivity index (χ3v) is 4.05. The van der Waals surface area contributed by atoms with Gasteiger partial charge in [0, 0.05) is 44.4 Å². The minimum atomic E-state index is -1.00. The highest BCUT2D eigenvalue weighted by atomic mass is 19.1. The number of hydrogen-bond donors (Lipinski definition) is 3. The fourth-order valence-electron chi connectivity index (χ4n) is 2.38. The summed E-state index contributed by atoms with van der Waals surface area (Å²) in [4.78, 5) is 40.8. The predicted molar refractivity (Wildman–Crippen MR) is 170 cm³/mol. The topological polar surface area (TPSA) is 207 Å². The number of nitrogens with zero attached hydrogens (tertiary/aromatic N) is 4. The largest absolute Gasteiger partial charge is 0.412 e. The fourth-order valence-corrected chi connectivity index (χ4v) is 2.38. The van der Waals surface area contributed by atoms with Gasteiger partial charge in [-0.15, -0.1) is 0 Å². The number of aldehydes is 3. The third-order valence-electron chi connectivity index (χ3n) is 4.05. The van der Waals surface area contributed by atoms with E-state index in [1.165, 1.54) is 12.2 Å². The molecule has 0 amide bonds. The molecule has 1 unspecified atom stereocenters. The van der Waals surface area contributed by atoms with E-state index < -0.39 is 7.15 Å². The zero-order valence-electron chi connectivity index (χ0n) is 25.5. The Balaban J connectivity index is -0.000000226. The molecule has 0 aromatic carbocycles. The molecule has 0 bridgehead atoms. The lowest BCUT2D eigenvalue weighted by molar-refractivity contribution is -0.104. The summed E-state index contributed by atoms with van der Waals surface area (Å²) in [5.41, 5.74) is 5.32. The molecule has 3 aromatic heterocycles. The van der Waals surface area contributed by atoms with Gasteiger partial charge in [0.25, 0.3) is 0 Å². The molecule has 0 fully saturated rings. The van der Waals surface area contributed by atoms with Crippen LogP contribution in [0.1, 0.15) is 49.6 Å². The van der Waals surface area contributed by atoms with Gasteiger partial charge in [0.15, 0.2) is 6.29 Å². The number of allylic oxidation sites excluding steroid dienone is 2. The van der Waals surface area contributed by atoms with Crippen LogP contribution in [-0.4, -0.2) is 65.9 Å². The van der Waals surface area contributed by atoms with Crippen LogP contribution < -0.4 is 17.1 Å². The Morgan fingerprint density at radius 3 is 1.77 bits per heavy atom. The standard InChI is InChI=1S/C8H9N3.C8H7NO.C6H5NO.C4H10O.C3H4O.CH3F.H4N2.H2O/c1-2-5-9-7(3-1)8-4-6-10-11-8;10-7-3-5-8-4-1-2-6-9-8;8-5-6-3-1-2-4-7-6;1-3-5-4-2;1-2-3-4;2*1-2;/h1-3,5-6,8,11H,4H2;1-7H;1-5H;3-4H2,1-2H3;2-3H,1H2;1H3;1-2H2;1H2/b;5-3+;;;;;;/i;;;;;1D;;. The molecular formula is C30H44FN7O5. The molecule has 0 radical (unpaired) electrons. The van der Waals surface area contributed by atoms with Crippen LogP contribution in [0.2, 0.25) is 0 Å². The zero-order valence-corrected chi connectivity index (χ0v) is 24.5. The number of aromatic nitrogens is 3. The molecule has 12 nitrogen and oxygen atoms in total. The predicted octanol–water partition coefficient (Wildman–Crippen LogP) is 3.28. The molecule has 236 valence electrons. The number of ether oxygens (including phenoxy) is 1. The number of nitrogens with two attached hydrogens (primary N) is 2. The highest BCUT2D eigenvalue weighted by molar-refractivity contribution is 5.72. The van der Waals surface area contributed by atoms with Crippen LogP contribution >= 0.6 is 0 Å². The summed E-state index contributed by atoms with van der Waals surface area (Å²) in [5, 5.41) is 3.93. The first kappa shape index (κ1) is 42.6. The Morgan fingerprint density at radius 2 is 1.47 bits per heavy atom. The summed E-state index contributed by atoms with van der Waals surface area (Å²) < 4.78 is 20.3. The number of hydrazone groups is 1. The summed E-state index contributed by atoms with van der Waals surface area (Å²) in [7, 11) is -1.00. The molecule has 1 aliphatic rings. The van der Waals surface area contributed by atoms with Gasteiger partial charge < -0.3 is 15.6 Å². The van der Waals surface area contributed by atoms with Gasteiger partial charge in [0.05, 0.1) is 26.0 Å². The Bertz CT molecular complexity index is 1070. The maximum absolute atomic E-state index is 9.96. The summed E-state index contributed by atoms with van der Waals surface area (Å²) in [5.74, 6) is 8.00. The minimum Gasteiger partial charge on any atom is -0.412 e. The number of halogens is 1. The van der Waals surface area contributed by atoms with Crippen molar-refractivity contribution in [2.75, 3.05) is 20.4 Å². The molecule has 43 heavy (non-hydrogen) atoms. The van der Waals surface area contributed by atoms with Crippen LogP contribution in [0.4, 0.5) is 4.39 Å². The molecule has 4 rings (SSSR count). The van der Waals surface area contributed by atoms with Gasteiger partial charge in [-0.25, -0.2) is 0 Å². The van der Waals surface area contributed by atoms with E-state index in [-0.39, 0.29) is 11.5 Å². The Morgan fingerprint density at radius 1 is 0.953 bits per heavy atom. The van der Waals surface area contributed by atoms with Gasteiger partial charge in [-0.1, -0.05) is 24.8 Å². The summed E-state index contributed by atoms with van der Waals surface area (Å²) in [6.07, 6.45) is 14.3. The van der Waals surface area contributed by atoms with Crippen molar-refractivity contribution in [3.05, 3.63) is 109 Å². The second-order valence-corrected chi connectivity index (χ2v) is 6.76. The minimum absolute atomic E-state index is 0. The average molecular weight is 603 g/mol. The van der Waals surface area contributed by atoms with E-state index in [0.29, 0.717) is 12.0 Å². The normalized spacial score (nSPS) is 11.5. The lowest BCUT2D eigenvalue weighted by Gasteiger charge is -2.06. The van der Waals surface area contributed by atoms with Crippen molar-refractivity contribution < 1.29 is 30.4 Å². The number of hydrazine groups is 1. The van der Waals surface area contributed by atoms with E-state index in [2.05, 4.69) is 43.7 Å². The molecule has 7 N–H and O–H groups in total. The molecule has 0 saturated heterocycles. The molecule has 0 aliphatic carbocycles. The summed E-state index contributed by atoms with van der Waals surface area (Å²) in [6, 6.07) is 16.9. The van der Waals surface area contributed by atoms with E-state index in [0.717, 1.165) is 43.6 Å². The Kier molecular flexibility index (Phi) is 39.0. The molecule has 4 heterocycles. The molecular weight excluding hydrogens is 557 g/mol. The van der Waals surface area contributed by atoms with E-state index in [1.807, 2.05) is 56.5 Å². The van der Waals surface area contributed by atoms with Gasteiger partial charge in [-0.05, 0) is 68.5 Å². The fraction of sp³-hybridized carbons (Fsp3) is 0.233. The van der Waals surface area contributed by atoms with Crippen molar-refractivity contribution in [3.63, 3.8) is 0 Å². The lowest BCUT2D eigenvalue weighted by Crippen LogP contribution is -2.10. The van der Waals surface area contributed by atoms with Crippen LogP contribution in [0.3, 0.4) is 0 Å². The maximum Gasteiger partial charge on any atom is 0.168 e. The Hall–Kier alpha value is -4.82. The van der Waals surface area contributed by atoms with E-state index in [9.17, 15) is 14.0 Å². The third kappa shape index (κ3) is 30.0. The number of pyridine rings is 3. The van der Waals surface area contributed by atoms with Crippen molar-refractivity contribution in [3.8, 4) is 0 Å². The van der Waals surface area contributed by atoms with Crippen LogP contribution in [0.25, 0.3) is 6.08 Å². The van der Waals surface area contributed by atoms with Gasteiger partial charge >= 0.3 is 0 Å². The lowest BCUT2D eigenvalue weighted by atomic mass is 10.1. The maximum atomic E-state index is 9.96. The number of carbonyl (C=O) groups excluding carboxylic acids is 3. The molecule has 1 aliphatic heterocycles. The van der Waals surface area contributed by atoms with E-state index in [1.54, 1.807) is 42.9 Å². The summed E-state index contributed by atoms with van der Waals surface area (Å²) in [6.45, 7) is 8.78. The number of hydrogen-bond acceptors (Lipinski definition) is 11. The first-order valence-electron chi connectivity index (χ1n) is 13.2. The van der Waals surface area contributed by atoms with E-state index >= 15 is 0 Å². The Labute approximate surface area is 254 Å². The first-order valence-corrected chi connectivity index (χ1v) is 12.5. The first-order chi connectivity index (χ1) is 21.1. The van der Waals surface area contributed by atoms with Gasteiger partial charge in [-0.2, -0.15) is 5.10 Å².